The maximum Gasteiger partial charge on any atom is 0.411 e. The first kappa shape index (κ1) is 16.3. The van der Waals surface area contributed by atoms with Crippen LogP contribution in [0, 0.1) is 0 Å². The van der Waals surface area contributed by atoms with Crippen molar-refractivity contribution in [2.75, 3.05) is 0 Å². The summed E-state index contributed by atoms with van der Waals surface area (Å²) >= 11 is 0. The van der Waals surface area contributed by atoms with Gasteiger partial charge in [-0.15, -0.1) is 0 Å². The number of ether oxygens (including phenoxy) is 1. The van der Waals surface area contributed by atoms with Crippen LogP contribution in [-0.2, 0) is 4.74 Å². The van der Waals surface area contributed by atoms with E-state index in [1.807, 2.05) is 25.7 Å². The molecule has 2 unspecified atom stereocenters. The van der Waals surface area contributed by atoms with Crippen molar-refractivity contribution in [3.05, 3.63) is 23.4 Å². The molecule has 2 aliphatic rings. The summed E-state index contributed by atoms with van der Waals surface area (Å²) in [5, 5.41) is 1.34. The minimum atomic E-state index is -1.36. The molecule has 0 aromatic heterocycles. The number of amides is 1. The first-order chi connectivity index (χ1) is 9.49. The van der Waals surface area contributed by atoms with E-state index in [4.69, 9.17) is 4.74 Å². The second-order valence-corrected chi connectivity index (χ2v) is 13.4. The van der Waals surface area contributed by atoms with Gasteiger partial charge in [0, 0.05) is 6.04 Å². The van der Waals surface area contributed by atoms with Crippen LogP contribution in [0.4, 0.5) is 4.79 Å². The fourth-order valence-corrected chi connectivity index (χ4v) is 4.28. The third kappa shape index (κ3) is 3.60. The molecule has 1 amide bonds. The van der Waals surface area contributed by atoms with Crippen molar-refractivity contribution in [1.82, 2.24) is 4.90 Å². The molecule has 0 aromatic carbocycles. The lowest BCUT2D eigenvalue weighted by Gasteiger charge is -2.37. The topological polar surface area (TPSA) is 29.5 Å². The van der Waals surface area contributed by atoms with Crippen molar-refractivity contribution in [2.45, 2.75) is 77.4 Å². The molecule has 0 aliphatic carbocycles. The molecule has 1 saturated heterocycles. The summed E-state index contributed by atoms with van der Waals surface area (Å²) in [4.78, 5) is 14.4. The second kappa shape index (κ2) is 5.31. The largest absolute Gasteiger partial charge is 0.444 e. The minimum Gasteiger partial charge on any atom is -0.444 e. The molecule has 2 heterocycles. The van der Waals surface area contributed by atoms with Crippen LogP contribution in [0.5, 0.6) is 0 Å². The zero-order chi connectivity index (χ0) is 16.0. The molecule has 2 atom stereocenters. The summed E-state index contributed by atoms with van der Waals surface area (Å²) in [5.41, 5.74) is 0.962. The van der Waals surface area contributed by atoms with Crippen LogP contribution < -0.4 is 0 Å². The SMILES string of the molecule is C=C(C1=CC2CCC(C1)N2C(=O)OC(C)(C)C)[Si](C)(C)C. The van der Waals surface area contributed by atoms with Crippen LogP contribution >= 0.6 is 0 Å². The Morgan fingerprint density at radius 3 is 2.43 bits per heavy atom. The Kier molecular flexibility index (Phi) is 4.13. The lowest BCUT2D eigenvalue weighted by Crippen LogP contribution is -2.46. The maximum absolute atomic E-state index is 12.4. The normalized spacial score (nSPS) is 25.6. The summed E-state index contributed by atoms with van der Waals surface area (Å²) in [5.74, 6) is 0. The minimum absolute atomic E-state index is 0.163. The highest BCUT2D eigenvalue weighted by atomic mass is 28.3. The lowest BCUT2D eigenvalue weighted by atomic mass is 10.0. The van der Waals surface area contributed by atoms with Gasteiger partial charge in [0.2, 0.25) is 0 Å². The fraction of sp³-hybridized carbons (Fsp3) is 0.706. The molecule has 118 valence electrons. The average molecular weight is 308 g/mol. The Hall–Kier alpha value is -1.03. The molecule has 3 nitrogen and oxygen atoms in total. The van der Waals surface area contributed by atoms with E-state index in [1.54, 1.807) is 0 Å². The zero-order valence-corrected chi connectivity index (χ0v) is 15.3. The van der Waals surface area contributed by atoms with Gasteiger partial charge in [-0.05, 0) is 45.6 Å². The van der Waals surface area contributed by atoms with E-state index in [9.17, 15) is 4.79 Å². The summed E-state index contributed by atoms with van der Waals surface area (Å²) < 4.78 is 5.56. The molecule has 2 bridgehead atoms. The van der Waals surface area contributed by atoms with Gasteiger partial charge < -0.3 is 4.74 Å². The van der Waals surface area contributed by atoms with Crippen LogP contribution in [0.25, 0.3) is 0 Å². The Balaban J connectivity index is 2.16. The van der Waals surface area contributed by atoms with Gasteiger partial charge in [0.05, 0.1) is 14.1 Å². The van der Waals surface area contributed by atoms with Crippen LogP contribution in [0.3, 0.4) is 0 Å². The van der Waals surface area contributed by atoms with Gasteiger partial charge in [0.15, 0.2) is 0 Å². The van der Waals surface area contributed by atoms with Crippen molar-refractivity contribution in [3.63, 3.8) is 0 Å². The number of hydrogen-bond acceptors (Lipinski definition) is 2. The number of carbonyl (C=O) groups excluding carboxylic acids is 1. The van der Waals surface area contributed by atoms with E-state index >= 15 is 0 Å². The van der Waals surface area contributed by atoms with Crippen molar-refractivity contribution >= 4 is 14.2 Å². The van der Waals surface area contributed by atoms with Crippen molar-refractivity contribution in [3.8, 4) is 0 Å². The Morgan fingerprint density at radius 1 is 1.33 bits per heavy atom. The molecule has 1 fully saturated rings. The average Bonchev–Trinajstić information content (AvgIpc) is 2.56. The molecule has 0 spiro atoms. The summed E-state index contributed by atoms with van der Waals surface area (Å²) in [6.45, 7) is 17.1. The predicted molar refractivity (Wildman–Crippen MR) is 90.1 cm³/mol. The van der Waals surface area contributed by atoms with Gasteiger partial charge in [-0.3, -0.25) is 4.90 Å². The zero-order valence-electron chi connectivity index (χ0n) is 14.3. The molecule has 0 aromatic rings. The highest BCUT2D eigenvalue weighted by Gasteiger charge is 2.42. The van der Waals surface area contributed by atoms with Crippen LogP contribution in [-0.4, -0.2) is 36.8 Å². The van der Waals surface area contributed by atoms with Gasteiger partial charge in [-0.2, -0.15) is 0 Å². The van der Waals surface area contributed by atoms with E-state index in [2.05, 4.69) is 32.3 Å². The van der Waals surface area contributed by atoms with Crippen LogP contribution in [0.1, 0.15) is 40.0 Å². The monoisotopic (exact) mass is 307 g/mol. The number of nitrogens with zero attached hydrogens (tertiary/aromatic N) is 1. The molecular formula is C17H29NO2Si. The molecule has 21 heavy (non-hydrogen) atoms. The van der Waals surface area contributed by atoms with Gasteiger partial charge >= 0.3 is 6.09 Å². The number of rotatable bonds is 2. The van der Waals surface area contributed by atoms with Crippen LogP contribution in [0.15, 0.2) is 23.4 Å². The van der Waals surface area contributed by atoms with Crippen molar-refractivity contribution in [2.24, 2.45) is 0 Å². The van der Waals surface area contributed by atoms with E-state index < -0.39 is 13.7 Å². The Labute approximate surface area is 130 Å². The van der Waals surface area contributed by atoms with Crippen molar-refractivity contribution < 1.29 is 9.53 Å². The number of hydrogen-bond donors (Lipinski definition) is 0. The van der Waals surface area contributed by atoms with E-state index in [1.165, 1.54) is 10.8 Å². The van der Waals surface area contributed by atoms with Gasteiger partial charge in [-0.1, -0.05) is 37.5 Å². The highest BCUT2D eigenvalue weighted by molar-refractivity contribution is 6.83. The third-order valence-corrected chi connectivity index (χ3v) is 6.42. The standard InChI is InChI=1S/C17H29NO2Si/c1-12(21(5,6)7)13-10-14-8-9-15(11-13)18(14)16(19)20-17(2,3)4/h10,14-15H,1,8-9,11H2,2-7H3. The van der Waals surface area contributed by atoms with E-state index in [-0.39, 0.29) is 18.2 Å². The first-order valence-electron chi connectivity index (χ1n) is 7.91. The predicted octanol–water partition coefficient (Wildman–Crippen LogP) is 4.52. The molecule has 2 rings (SSSR count). The van der Waals surface area contributed by atoms with E-state index in [0.717, 1.165) is 19.3 Å². The number of carbonyl (C=O) groups is 1. The van der Waals surface area contributed by atoms with Gasteiger partial charge in [0.25, 0.3) is 0 Å². The molecule has 4 heteroatoms. The van der Waals surface area contributed by atoms with Crippen LogP contribution in [0.2, 0.25) is 19.6 Å². The molecule has 0 saturated carbocycles. The van der Waals surface area contributed by atoms with Gasteiger partial charge in [0.1, 0.15) is 5.60 Å². The molecule has 2 aliphatic heterocycles. The Bertz CT molecular complexity index is 482. The van der Waals surface area contributed by atoms with E-state index in [0.29, 0.717) is 0 Å². The summed E-state index contributed by atoms with van der Waals surface area (Å²) in [6.07, 6.45) is 5.17. The smallest absolute Gasteiger partial charge is 0.411 e. The number of allylic oxidation sites excluding steroid dienone is 1. The maximum atomic E-state index is 12.4. The Morgan fingerprint density at radius 2 is 1.95 bits per heavy atom. The summed E-state index contributed by atoms with van der Waals surface area (Å²) in [6, 6.07) is 0.486. The first-order valence-corrected chi connectivity index (χ1v) is 11.4. The lowest BCUT2D eigenvalue weighted by molar-refractivity contribution is 0.0168. The summed E-state index contributed by atoms with van der Waals surface area (Å²) in [7, 11) is -1.36. The van der Waals surface area contributed by atoms with Crippen molar-refractivity contribution in [1.29, 1.82) is 0 Å². The molecule has 0 radical (unpaired) electrons. The fourth-order valence-electron chi connectivity index (χ4n) is 3.13. The molecular weight excluding hydrogens is 278 g/mol. The quantitative estimate of drug-likeness (QED) is 0.702. The van der Waals surface area contributed by atoms with Gasteiger partial charge in [-0.25, -0.2) is 4.79 Å². The number of fused-ring (bicyclic) bond motifs is 2. The third-order valence-electron chi connectivity index (χ3n) is 4.29. The second-order valence-electron chi connectivity index (χ2n) is 8.31. The highest BCUT2D eigenvalue weighted by Crippen LogP contribution is 2.39. The molecule has 0 N–H and O–H groups in total.